The van der Waals surface area contributed by atoms with E-state index in [1.54, 1.807) is 0 Å². The van der Waals surface area contributed by atoms with Gasteiger partial charge in [-0.3, -0.25) is 4.79 Å². The molecule has 1 amide bonds. The van der Waals surface area contributed by atoms with Gasteiger partial charge in [-0.25, -0.2) is 0 Å². The molecule has 1 aliphatic heterocycles. The van der Waals surface area contributed by atoms with Crippen molar-refractivity contribution in [2.45, 2.75) is 118 Å². The standard InChI is InChI=1S/C37H55NO/c1-24(2)11-10-12-25(3)32-17-18-33-30-16-15-29-21-31-28(22-37(29,6)34(30)19-20-36(32,33)5)23-38(35(31)39)26(4)27-13-8-7-9-14-27/h7-9,13-14,24-26,29-30,32-34H,10-12,15-23H2,1-6H3/t25-,26-,29-,30+,32-,33-,34+,36+,37-/m0/s1. The molecule has 3 fully saturated rings. The summed E-state index contributed by atoms with van der Waals surface area (Å²) in [5.41, 5.74) is 4.91. The number of carbonyl (C=O) groups is 1. The molecule has 0 unspecified atom stereocenters. The molecule has 2 heteroatoms. The minimum Gasteiger partial charge on any atom is -0.328 e. The number of amides is 1. The fraction of sp³-hybridized carbons (Fsp3) is 0.757. The molecular weight excluding hydrogens is 474 g/mol. The number of fused-ring (bicyclic) bond motifs is 5. The van der Waals surface area contributed by atoms with Crippen molar-refractivity contribution >= 4 is 5.91 Å². The highest BCUT2D eigenvalue weighted by Crippen LogP contribution is 2.69. The molecule has 214 valence electrons. The van der Waals surface area contributed by atoms with E-state index in [2.05, 4.69) is 76.8 Å². The minimum atomic E-state index is 0.153. The molecule has 2 nitrogen and oxygen atoms in total. The van der Waals surface area contributed by atoms with Gasteiger partial charge in [0.2, 0.25) is 0 Å². The molecule has 1 aromatic rings. The van der Waals surface area contributed by atoms with Crippen molar-refractivity contribution in [1.82, 2.24) is 4.90 Å². The summed E-state index contributed by atoms with van der Waals surface area (Å²) in [5.74, 6) is 6.39. The lowest BCUT2D eigenvalue weighted by molar-refractivity contribution is -0.128. The first-order valence-electron chi connectivity index (χ1n) is 16.7. The fourth-order valence-corrected chi connectivity index (χ4v) is 11.2. The van der Waals surface area contributed by atoms with Gasteiger partial charge < -0.3 is 4.90 Å². The summed E-state index contributed by atoms with van der Waals surface area (Å²) >= 11 is 0. The van der Waals surface area contributed by atoms with E-state index in [1.807, 2.05) is 0 Å². The van der Waals surface area contributed by atoms with E-state index >= 15 is 0 Å². The summed E-state index contributed by atoms with van der Waals surface area (Å²) < 4.78 is 0. The third-order valence-corrected chi connectivity index (χ3v) is 13.4. The summed E-state index contributed by atoms with van der Waals surface area (Å²) in [5, 5.41) is 0. The van der Waals surface area contributed by atoms with Crippen LogP contribution in [-0.2, 0) is 4.79 Å². The van der Waals surface area contributed by atoms with Crippen LogP contribution < -0.4 is 0 Å². The van der Waals surface area contributed by atoms with Gasteiger partial charge in [0.05, 0.1) is 6.04 Å². The van der Waals surface area contributed by atoms with E-state index < -0.39 is 0 Å². The number of carbonyl (C=O) groups excluding carboxylic acids is 1. The maximum atomic E-state index is 13.7. The molecule has 0 aromatic heterocycles. The third kappa shape index (κ3) is 4.55. The van der Waals surface area contributed by atoms with Crippen molar-refractivity contribution in [3.63, 3.8) is 0 Å². The summed E-state index contributed by atoms with van der Waals surface area (Å²) in [4.78, 5) is 15.9. The lowest BCUT2D eigenvalue weighted by Gasteiger charge is -2.60. The predicted molar refractivity (Wildman–Crippen MR) is 162 cm³/mol. The lowest BCUT2D eigenvalue weighted by Crippen LogP contribution is -2.53. The molecular formula is C37H55NO. The van der Waals surface area contributed by atoms with Crippen LogP contribution in [0.25, 0.3) is 0 Å². The second kappa shape index (κ2) is 10.4. The third-order valence-electron chi connectivity index (χ3n) is 13.4. The Morgan fingerprint density at radius 2 is 1.64 bits per heavy atom. The molecule has 0 spiro atoms. The van der Waals surface area contributed by atoms with Gasteiger partial charge in [-0.1, -0.05) is 84.2 Å². The van der Waals surface area contributed by atoms with Gasteiger partial charge in [0, 0.05) is 12.1 Å². The first-order chi connectivity index (χ1) is 18.6. The van der Waals surface area contributed by atoms with Crippen LogP contribution in [0.5, 0.6) is 0 Å². The second-order valence-corrected chi connectivity index (χ2v) is 15.7. The highest BCUT2D eigenvalue weighted by molar-refractivity contribution is 5.97. The van der Waals surface area contributed by atoms with E-state index in [9.17, 15) is 4.79 Å². The van der Waals surface area contributed by atoms with Crippen LogP contribution in [0, 0.1) is 52.3 Å². The zero-order valence-electron chi connectivity index (χ0n) is 25.8. The first kappa shape index (κ1) is 27.6. The molecule has 4 aliphatic carbocycles. The van der Waals surface area contributed by atoms with Crippen molar-refractivity contribution in [3.8, 4) is 0 Å². The zero-order valence-corrected chi connectivity index (χ0v) is 25.8. The minimum absolute atomic E-state index is 0.153. The summed E-state index contributed by atoms with van der Waals surface area (Å²) in [7, 11) is 0. The van der Waals surface area contributed by atoms with E-state index in [0.717, 1.165) is 48.5 Å². The molecule has 0 N–H and O–H groups in total. The maximum Gasteiger partial charge on any atom is 0.250 e. The Balaban J connectivity index is 1.17. The Morgan fingerprint density at radius 3 is 2.38 bits per heavy atom. The van der Waals surface area contributed by atoms with Crippen LogP contribution in [0.2, 0.25) is 0 Å². The monoisotopic (exact) mass is 529 g/mol. The molecule has 6 rings (SSSR count). The van der Waals surface area contributed by atoms with Gasteiger partial charge in [0.25, 0.3) is 5.91 Å². The summed E-state index contributed by atoms with van der Waals surface area (Å²) in [6.07, 6.45) is 15.1. The molecule has 39 heavy (non-hydrogen) atoms. The van der Waals surface area contributed by atoms with Gasteiger partial charge >= 0.3 is 0 Å². The van der Waals surface area contributed by atoms with Crippen LogP contribution in [0.4, 0.5) is 0 Å². The summed E-state index contributed by atoms with van der Waals surface area (Å²) in [6, 6.07) is 10.8. The van der Waals surface area contributed by atoms with Gasteiger partial charge in [0.15, 0.2) is 0 Å². The Labute approximate surface area is 239 Å². The quantitative estimate of drug-likeness (QED) is 0.344. The zero-order chi connectivity index (χ0) is 27.5. The molecule has 1 heterocycles. The van der Waals surface area contributed by atoms with E-state index in [0.29, 0.717) is 22.7 Å². The van der Waals surface area contributed by atoms with Gasteiger partial charge in [-0.15, -0.1) is 0 Å². The number of rotatable bonds is 7. The molecule has 0 bridgehead atoms. The predicted octanol–water partition coefficient (Wildman–Crippen LogP) is 9.62. The highest BCUT2D eigenvalue weighted by Gasteiger charge is 2.61. The Hall–Kier alpha value is -1.57. The van der Waals surface area contributed by atoms with Crippen LogP contribution >= 0.6 is 0 Å². The van der Waals surface area contributed by atoms with E-state index in [-0.39, 0.29) is 6.04 Å². The fourth-order valence-electron chi connectivity index (χ4n) is 11.2. The van der Waals surface area contributed by atoms with Crippen molar-refractivity contribution in [1.29, 1.82) is 0 Å². The van der Waals surface area contributed by atoms with Crippen molar-refractivity contribution < 1.29 is 4.79 Å². The number of hydrogen-bond acceptors (Lipinski definition) is 1. The molecule has 3 saturated carbocycles. The van der Waals surface area contributed by atoms with Crippen LogP contribution in [0.3, 0.4) is 0 Å². The Bertz CT molecular complexity index is 1090. The average Bonchev–Trinajstić information content (AvgIpc) is 3.43. The van der Waals surface area contributed by atoms with Gasteiger partial charge in [-0.05, 0) is 122 Å². The van der Waals surface area contributed by atoms with Crippen LogP contribution in [-0.4, -0.2) is 17.4 Å². The van der Waals surface area contributed by atoms with Crippen LogP contribution in [0.15, 0.2) is 41.5 Å². The Morgan fingerprint density at radius 1 is 0.897 bits per heavy atom. The van der Waals surface area contributed by atoms with Gasteiger partial charge in [-0.2, -0.15) is 0 Å². The number of hydrogen-bond donors (Lipinski definition) is 0. The van der Waals surface area contributed by atoms with Gasteiger partial charge in [0.1, 0.15) is 0 Å². The first-order valence-corrected chi connectivity index (χ1v) is 16.7. The van der Waals surface area contributed by atoms with Crippen molar-refractivity contribution in [2.24, 2.45) is 52.3 Å². The number of nitrogens with zero attached hydrogens (tertiary/aromatic N) is 1. The normalized spacial score (nSPS) is 39.3. The largest absolute Gasteiger partial charge is 0.328 e. The maximum absolute atomic E-state index is 13.7. The molecule has 0 saturated heterocycles. The smallest absolute Gasteiger partial charge is 0.250 e. The molecule has 1 aromatic carbocycles. The number of benzene rings is 1. The lowest BCUT2D eigenvalue weighted by atomic mass is 9.44. The van der Waals surface area contributed by atoms with E-state index in [1.165, 1.54) is 80.9 Å². The molecule has 0 radical (unpaired) electrons. The molecule has 9 atom stereocenters. The topological polar surface area (TPSA) is 20.3 Å². The average molecular weight is 530 g/mol. The van der Waals surface area contributed by atoms with Crippen molar-refractivity contribution in [3.05, 3.63) is 47.0 Å². The highest BCUT2D eigenvalue weighted by atomic mass is 16.2. The second-order valence-electron chi connectivity index (χ2n) is 15.7. The van der Waals surface area contributed by atoms with Crippen LogP contribution in [0.1, 0.15) is 124 Å². The SMILES string of the molecule is CC(C)CCC[C@H](C)[C@@H]1CC[C@H]2[C@H]3CC[C@H]4CC5=C(CN([C@@H](C)c6ccccc6)C5=O)C[C@]4(C)[C@@H]3CC[C@@]21C. The summed E-state index contributed by atoms with van der Waals surface area (Å²) in [6.45, 7) is 15.8. The van der Waals surface area contributed by atoms with Crippen molar-refractivity contribution in [2.75, 3.05) is 6.54 Å². The Kier molecular flexibility index (Phi) is 7.33. The molecule has 5 aliphatic rings. The van der Waals surface area contributed by atoms with E-state index in [4.69, 9.17) is 0 Å².